The zero-order chi connectivity index (χ0) is 20.6. The number of carbonyl (C=O) groups is 3. The number of benzene rings is 1. The molecule has 0 aromatic heterocycles. The standard InChI is InChI=1S/C19H19BrN2O6/c1-9(23)14-10(2)28-16(21)15(17(24)27-7-6-26-3)19(14)12-8-11(20)4-5-13(12)22-18(19)25/h4-5,8H,6-7,21H2,1-3H3,(H,22,25)/t19-/m1/s1. The van der Waals surface area contributed by atoms with Crippen molar-refractivity contribution in [1.82, 2.24) is 0 Å². The molecular formula is C19H19BrN2O6. The highest BCUT2D eigenvalue weighted by Crippen LogP contribution is 2.52. The average molecular weight is 451 g/mol. The number of esters is 1. The Labute approximate surface area is 169 Å². The molecule has 0 radical (unpaired) electrons. The highest BCUT2D eigenvalue weighted by molar-refractivity contribution is 9.10. The van der Waals surface area contributed by atoms with Gasteiger partial charge in [0, 0.05) is 22.8 Å². The maximum Gasteiger partial charge on any atom is 0.341 e. The second kappa shape index (κ2) is 7.40. The molecule has 1 spiro atoms. The Morgan fingerprint density at radius 2 is 2.00 bits per heavy atom. The first-order chi connectivity index (χ1) is 13.2. The second-order valence-electron chi connectivity index (χ2n) is 6.35. The molecule has 8 nitrogen and oxygen atoms in total. The number of allylic oxidation sites excluding steroid dienone is 1. The quantitative estimate of drug-likeness (QED) is 0.519. The van der Waals surface area contributed by atoms with Crippen LogP contribution in [0.15, 0.2) is 45.5 Å². The number of amides is 1. The van der Waals surface area contributed by atoms with Gasteiger partial charge >= 0.3 is 5.97 Å². The summed E-state index contributed by atoms with van der Waals surface area (Å²) in [6.07, 6.45) is 0. The molecule has 0 aliphatic carbocycles. The van der Waals surface area contributed by atoms with Gasteiger partial charge in [0.2, 0.25) is 11.8 Å². The Morgan fingerprint density at radius 1 is 1.29 bits per heavy atom. The maximum atomic E-state index is 13.3. The number of anilines is 1. The summed E-state index contributed by atoms with van der Waals surface area (Å²) < 4.78 is 16.3. The number of ether oxygens (including phenoxy) is 3. The topological polar surface area (TPSA) is 117 Å². The summed E-state index contributed by atoms with van der Waals surface area (Å²) in [5.41, 5.74) is 4.97. The molecule has 0 saturated heterocycles. The molecule has 2 aliphatic heterocycles. The molecule has 1 aromatic carbocycles. The van der Waals surface area contributed by atoms with E-state index in [2.05, 4.69) is 21.2 Å². The Bertz CT molecular complexity index is 952. The number of hydrogen-bond acceptors (Lipinski definition) is 7. The van der Waals surface area contributed by atoms with Gasteiger partial charge in [0.1, 0.15) is 23.4 Å². The van der Waals surface area contributed by atoms with E-state index in [1.165, 1.54) is 21.0 Å². The van der Waals surface area contributed by atoms with Crippen LogP contribution in [0.4, 0.5) is 5.69 Å². The molecule has 1 aromatic rings. The van der Waals surface area contributed by atoms with Crippen LogP contribution in [-0.4, -0.2) is 38.0 Å². The number of halogens is 1. The monoisotopic (exact) mass is 450 g/mol. The number of rotatable bonds is 5. The Morgan fingerprint density at radius 3 is 2.64 bits per heavy atom. The number of fused-ring (bicyclic) bond motifs is 2. The summed E-state index contributed by atoms with van der Waals surface area (Å²) in [5, 5.41) is 2.74. The van der Waals surface area contributed by atoms with Gasteiger partial charge in [0.15, 0.2) is 5.78 Å². The van der Waals surface area contributed by atoms with E-state index in [1.54, 1.807) is 18.2 Å². The van der Waals surface area contributed by atoms with Crippen molar-refractivity contribution >= 4 is 39.3 Å². The van der Waals surface area contributed by atoms with Crippen LogP contribution in [0.25, 0.3) is 0 Å². The minimum absolute atomic E-state index is 0.0368. The fourth-order valence-corrected chi connectivity index (χ4v) is 4.03. The zero-order valence-electron chi connectivity index (χ0n) is 15.6. The molecule has 2 heterocycles. The van der Waals surface area contributed by atoms with E-state index in [9.17, 15) is 14.4 Å². The van der Waals surface area contributed by atoms with Crippen molar-refractivity contribution in [2.45, 2.75) is 19.3 Å². The van der Waals surface area contributed by atoms with Gasteiger partial charge in [-0.05, 0) is 32.0 Å². The fourth-order valence-electron chi connectivity index (χ4n) is 3.67. The molecule has 0 bridgehead atoms. The lowest BCUT2D eigenvalue weighted by Gasteiger charge is -2.35. The molecule has 3 N–H and O–H groups in total. The van der Waals surface area contributed by atoms with Crippen molar-refractivity contribution in [2.24, 2.45) is 5.73 Å². The van der Waals surface area contributed by atoms with Gasteiger partial charge in [-0.1, -0.05) is 15.9 Å². The Hall–Kier alpha value is -2.65. The minimum atomic E-state index is -1.76. The lowest BCUT2D eigenvalue weighted by atomic mass is 9.66. The van der Waals surface area contributed by atoms with Crippen molar-refractivity contribution in [3.8, 4) is 0 Å². The van der Waals surface area contributed by atoms with Crippen LogP contribution >= 0.6 is 15.9 Å². The summed E-state index contributed by atoms with van der Waals surface area (Å²) in [6.45, 7) is 2.95. The van der Waals surface area contributed by atoms with Gasteiger partial charge < -0.3 is 25.3 Å². The minimum Gasteiger partial charge on any atom is -0.460 e. The van der Waals surface area contributed by atoms with E-state index in [1.807, 2.05) is 0 Å². The predicted octanol–water partition coefficient (Wildman–Crippen LogP) is 1.89. The summed E-state index contributed by atoms with van der Waals surface area (Å²) in [7, 11) is 1.46. The number of Topliss-reactive ketones (excluding diaryl/α,β-unsaturated/α-hetero) is 1. The van der Waals surface area contributed by atoms with Crippen LogP contribution in [0.1, 0.15) is 19.4 Å². The van der Waals surface area contributed by atoms with Crippen LogP contribution in [0.2, 0.25) is 0 Å². The number of nitrogens with one attached hydrogen (secondary N) is 1. The normalized spacial score (nSPS) is 20.8. The smallest absolute Gasteiger partial charge is 0.341 e. The van der Waals surface area contributed by atoms with Gasteiger partial charge in [-0.15, -0.1) is 0 Å². The van der Waals surface area contributed by atoms with Crippen LogP contribution < -0.4 is 11.1 Å². The first-order valence-electron chi connectivity index (χ1n) is 8.43. The Kier molecular flexibility index (Phi) is 5.31. The van der Waals surface area contributed by atoms with Gasteiger partial charge in [0.05, 0.1) is 12.2 Å². The van der Waals surface area contributed by atoms with E-state index < -0.39 is 23.1 Å². The van der Waals surface area contributed by atoms with Crippen LogP contribution in [0.3, 0.4) is 0 Å². The first kappa shape index (κ1) is 20.1. The number of ketones is 1. The molecule has 28 heavy (non-hydrogen) atoms. The molecule has 2 aliphatic rings. The van der Waals surface area contributed by atoms with Crippen molar-refractivity contribution < 1.29 is 28.6 Å². The van der Waals surface area contributed by atoms with Crippen LogP contribution in [0, 0.1) is 0 Å². The average Bonchev–Trinajstić information content (AvgIpc) is 2.87. The summed E-state index contributed by atoms with van der Waals surface area (Å²) in [4.78, 5) is 38.8. The summed E-state index contributed by atoms with van der Waals surface area (Å²) in [6, 6.07) is 5.09. The van der Waals surface area contributed by atoms with Gasteiger partial charge in [-0.3, -0.25) is 9.59 Å². The number of methoxy groups -OCH3 is 1. The number of carbonyl (C=O) groups excluding carboxylic acids is 3. The van der Waals surface area contributed by atoms with Crippen molar-refractivity contribution in [2.75, 3.05) is 25.6 Å². The molecule has 1 atom stereocenters. The molecule has 9 heteroatoms. The van der Waals surface area contributed by atoms with E-state index >= 15 is 0 Å². The third-order valence-corrected chi connectivity index (χ3v) is 5.16. The highest BCUT2D eigenvalue weighted by Gasteiger charge is 2.60. The fraction of sp³-hybridized carbons (Fsp3) is 0.316. The molecule has 148 valence electrons. The van der Waals surface area contributed by atoms with E-state index in [0.717, 1.165) is 0 Å². The second-order valence-corrected chi connectivity index (χ2v) is 7.27. The zero-order valence-corrected chi connectivity index (χ0v) is 17.1. The van der Waals surface area contributed by atoms with Crippen LogP contribution in [0.5, 0.6) is 0 Å². The predicted molar refractivity (Wildman–Crippen MR) is 103 cm³/mol. The molecule has 1 amide bonds. The lowest BCUT2D eigenvalue weighted by molar-refractivity contribution is -0.142. The molecular weight excluding hydrogens is 432 g/mol. The third-order valence-electron chi connectivity index (χ3n) is 4.66. The third kappa shape index (κ3) is 2.91. The Balaban J connectivity index is 2.29. The molecule has 0 fully saturated rings. The molecule has 3 rings (SSSR count). The first-order valence-corrected chi connectivity index (χ1v) is 9.22. The lowest BCUT2D eigenvalue weighted by Crippen LogP contribution is -2.48. The van der Waals surface area contributed by atoms with E-state index in [0.29, 0.717) is 15.7 Å². The highest BCUT2D eigenvalue weighted by atomic mass is 79.9. The maximum absolute atomic E-state index is 13.3. The van der Waals surface area contributed by atoms with E-state index in [4.69, 9.17) is 19.9 Å². The summed E-state index contributed by atoms with van der Waals surface area (Å²) in [5.74, 6) is -1.98. The largest absolute Gasteiger partial charge is 0.460 e. The SMILES string of the molecule is COCCOC(=O)C1=C(N)OC(C)=C(C(C)=O)[C@@]12C(=O)Nc1ccc(Br)cc12. The number of nitrogens with two attached hydrogens (primary N) is 1. The number of hydrogen-bond donors (Lipinski definition) is 2. The van der Waals surface area contributed by atoms with Gasteiger partial charge in [-0.2, -0.15) is 0 Å². The van der Waals surface area contributed by atoms with Crippen molar-refractivity contribution in [1.29, 1.82) is 0 Å². The van der Waals surface area contributed by atoms with Crippen molar-refractivity contribution in [3.05, 3.63) is 51.0 Å². The summed E-state index contributed by atoms with van der Waals surface area (Å²) >= 11 is 3.38. The van der Waals surface area contributed by atoms with Crippen LogP contribution in [-0.2, 0) is 34.0 Å². The molecule has 0 saturated carbocycles. The van der Waals surface area contributed by atoms with E-state index in [-0.39, 0.29) is 36.0 Å². The molecule has 0 unspecified atom stereocenters. The van der Waals surface area contributed by atoms with Crippen molar-refractivity contribution in [3.63, 3.8) is 0 Å². The van der Waals surface area contributed by atoms with Gasteiger partial charge in [-0.25, -0.2) is 4.79 Å². The van der Waals surface area contributed by atoms with Gasteiger partial charge in [0.25, 0.3) is 0 Å².